The summed E-state index contributed by atoms with van der Waals surface area (Å²) in [4.78, 5) is 24.3. The molecule has 0 radical (unpaired) electrons. The van der Waals surface area contributed by atoms with Crippen molar-refractivity contribution in [3.8, 4) is 0 Å². The standard InChI is InChI=1S/C14H28N2O3/c1-6-12(4)16(5)14(19)15-11(3)9-7-8-10(2)13(17)18/h10-12H,6-9H2,1-5H3,(H,15,19)(H,17,18). The Balaban J connectivity index is 3.94. The lowest BCUT2D eigenvalue weighted by Gasteiger charge is -2.26. The van der Waals surface area contributed by atoms with Crippen LogP contribution < -0.4 is 5.32 Å². The molecule has 19 heavy (non-hydrogen) atoms. The van der Waals surface area contributed by atoms with Gasteiger partial charge >= 0.3 is 12.0 Å². The van der Waals surface area contributed by atoms with E-state index >= 15 is 0 Å². The maximum Gasteiger partial charge on any atom is 0.317 e. The highest BCUT2D eigenvalue weighted by molar-refractivity contribution is 5.74. The van der Waals surface area contributed by atoms with E-state index in [1.165, 1.54) is 0 Å². The smallest absolute Gasteiger partial charge is 0.317 e. The molecule has 0 saturated carbocycles. The Labute approximate surface area is 116 Å². The first kappa shape index (κ1) is 17.7. The van der Waals surface area contributed by atoms with E-state index in [0.717, 1.165) is 19.3 Å². The number of carbonyl (C=O) groups excluding carboxylic acids is 1. The van der Waals surface area contributed by atoms with Gasteiger partial charge in [-0.25, -0.2) is 4.79 Å². The molecule has 0 aromatic heterocycles. The van der Waals surface area contributed by atoms with E-state index in [0.29, 0.717) is 6.42 Å². The SMILES string of the molecule is CCC(C)N(C)C(=O)NC(C)CCCC(C)C(=O)O. The van der Waals surface area contributed by atoms with Crippen molar-refractivity contribution in [1.82, 2.24) is 10.2 Å². The fourth-order valence-corrected chi connectivity index (χ4v) is 1.71. The molecule has 0 bridgehead atoms. The second-order valence-electron chi connectivity index (χ2n) is 5.39. The van der Waals surface area contributed by atoms with Crippen LogP contribution in [0.4, 0.5) is 4.79 Å². The van der Waals surface area contributed by atoms with Crippen molar-refractivity contribution in [1.29, 1.82) is 0 Å². The molecule has 5 nitrogen and oxygen atoms in total. The van der Waals surface area contributed by atoms with Crippen LogP contribution in [0.15, 0.2) is 0 Å². The number of nitrogens with one attached hydrogen (secondary N) is 1. The summed E-state index contributed by atoms with van der Waals surface area (Å²) in [5.74, 6) is -1.07. The Morgan fingerprint density at radius 1 is 1.21 bits per heavy atom. The molecule has 0 fully saturated rings. The van der Waals surface area contributed by atoms with Gasteiger partial charge in [0.25, 0.3) is 0 Å². The number of urea groups is 1. The van der Waals surface area contributed by atoms with Gasteiger partial charge < -0.3 is 15.3 Å². The summed E-state index contributed by atoms with van der Waals surface area (Å²) in [5.41, 5.74) is 0. The first-order chi connectivity index (χ1) is 8.79. The molecule has 0 aliphatic rings. The van der Waals surface area contributed by atoms with Crippen LogP contribution in [0.1, 0.15) is 53.4 Å². The Kier molecular flexibility index (Phi) is 8.19. The van der Waals surface area contributed by atoms with Crippen molar-refractivity contribution < 1.29 is 14.7 Å². The van der Waals surface area contributed by atoms with Gasteiger partial charge in [0, 0.05) is 19.1 Å². The van der Waals surface area contributed by atoms with Gasteiger partial charge in [0.15, 0.2) is 0 Å². The van der Waals surface area contributed by atoms with Crippen LogP contribution in [-0.2, 0) is 4.79 Å². The maximum absolute atomic E-state index is 11.9. The number of carboxylic acid groups (broad SMARTS) is 1. The number of rotatable bonds is 8. The number of hydrogen-bond acceptors (Lipinski definition) is 2. The van der Waals surface area contributed by atoms with E-state index in [-0.39, 0.29) is 24.0 Å². The average molecular weight is 272 g/mol. The van der Waals surface area contributed by atoms with Gasteiger partial charge in [-0.3, -0.25) is 4.79 Å². The molecule has 0 saturated heterocycles. The van der Waals surface area contributed by atoms with Gasteiger partial charge in [0.2, 0.25) is 0 Å². The number of nitrogens with zero attached hydrogens (tertiary/aromatic N) is 1. The highest BCUT2D eigenvalue weighted by Crippen LogP contribution is 2.10. The van der Waals surface area contributed by atoms with Crippen molar-refractivity contribution in [3.05, 3.63) is 0 Å². The Morgan fingerprint density at radius 2 is 1.79 bits per heavy atom. The molecule has 0 rings (SSSR count). The summed E-state index contributed by atoms with van der Waals surface area (Å²) in [6.07, 6.45) is 3.19. The first-order valence-corrected chi connectivity index (χ1v) is 7.05. The van der Waals surface area contributed by atoms with E-state index in [2.05, 4.69) is 5.32 Å². The predicted molar refractivity (Wildman–Crippen MR) is 76.2 cm³/mol. The van der Waals surface area contributed by atoms with E-state index in [1.54, 1.807) is 18.9 Å². The molecular weight excluding hydrogens is 244 g/mol. The molecule has 3 unspecified atom stereocenters. The third-order valence-electron chi connectivity index (χ3n) is 3.64. The van der Waals surface area contributed by atoms with Crippen LogP contribution in [0.3, 0.4) is 0 Å². The zero-order valence-corrected chi connectivity index (χ0v) is 12.8. The summed E-state index contributed by atoms with van der Waals surface area (Å²) >= 11 is 0. The monoisotopic (exact) mass is 272 g/mol. The average Bonchev–Trinajstić information content (AvgIpc) is 2.36. The van der Waals surface area contributed by atoms with Crippen LogP contribution in [0, 0.1) is 5.92 Å². The van der Waals surface area contributed by atoms with Crippen molar-refractivity contribution >= 4 is 12.0 Å². The first-order valence-electron chi connectivity index (χ1n) is 7.05. The number of hydrogen-bond donors (Lipinski definition) is 2. The zero-order valence-electron chi connectivity index (χ0n) is 12.8. The minimum absolute atomic E-state index is 0.0619. The fourth-order valence-electron chi connectivity index (χ4n) is 1.71. The molecule has 2 amide bonds. The van der Waals surface area contributed by atoms with Gasteiger partial charge in [-0.15, -0.1) is 0 Å². The van der Waals surface area contributed by atoms with Crippen molar-refractivity contribution in [2.45, 2.75) is 65.5 Å². The molecule has 112 valence electrons. The van der Waals surface area contributed by atoms with Crippen LogP contribution in [0.5, 0.6) is 0 Å². The van der Waals surface area contributed by atoms with Gasteiger partial charge in [-0.05, 0) is 33.1 Å². The molecule has 3 atom stereocenters. The summed E-state index contributed by atoms with van der Waals surface area (Å²) in [7, 11) is 1.79. The van der Waals surface area contributed by atoms with Crippen molar-refractivity contribution in [3.63, 3.8) is 0 Å². The number of amides is 2. The lowest BCUT2D eigenvalue weighted by atomic mass is 10.0. The molecule has 0 aliphatic carbocycles. The third kappa shape index (κ3) is 7.03. The molecule has 0 aliphatic heterocycles. The van der Waals surface area contributed by atoms with Crippen LogP contribution in [0.2, 0.25) is 0 Å². The Morgan fingerprint density at radius 3 is 2.26 bits per heavy atom. The quantitative estimate of drug-likeness (QED) is 0.713. The fraction of sp³-hybridized carbons (Fsp3) is 0.857. The second-order valence-corrected chi connectivity index (χ2v) is 5.39. The van der Waals surface area contributed by atoms with E-state index in [1.807, 2.05) is 20.8 Å². The topological polar surface area (TPSA) is 69.6 Å². The molecule has 0 aromatic rings. The lowest BCUT2D eigenvalue weighted by Crippen LogP contribution is -2.45. The van der Waals surface area contributed by atoms with Crippen LogP contribution in [0.25, 0.3) is 0 Å². The normalized spacial score (nSPS) is 15.4. The van der Waals surface area contributed by atoms with Gasteiger partial charge in [-0.1, -0.05) is 20.3 Å². The highest BCUT2D eigenvalue weighted by atomic mass is 16.4. The molecule has 0 aromatic carbocycles. The van der Waals surface area contributed by atoms with Crippen molar-refractivity contribution in [2.75, 3.05) is 7.05 Å². The molecule has 5 heteroatoms. The summed E-state index contributed by atoms with van der Waals surface area (Å²) < 4.78 is 0. The predicted octanol–water partition coefficient (Wildman–Crippen LogP) is 2.71. The van der Waals surface area contributed by atoms with E-state index < -0.39 is 5.97 Å². The Bertz CT molecular complexity index is 294. The van der Waals surface area contributed by atoms with Crippen molar-refractivity contribution in [2.24, 2.45) is 5.92 Å². The molecule has 2 N–H and O–H groups in total. The second kappa shape index (κ2) is 8.77. The minimum Gasteiger partial charge on any atom is -0.481 e. The van der Waals surface area contributed by atoms with E-state index in [9.17, 15) is 9.59 Å². The van der Waals surface area contributed by atoms with Gasteiger partial charge in [0.05, 0.1) is 5.92 Å². The molecular formula is C14H28N2O3. The van der Waals surface area contributed by atoms with E-state index in [4.69, 9.17) is 5.11 Å². The zero-order chi connectivity index (χ0) is 15.0. The highest BCUT2D eigenvalue weighted by Gasteiger charge is 2.16. The van der Waals surface area contributed by atoms with Gasteiger partial charge in [-0.2, -0.15) is 0 Å². The summed E-state index contributed by atoms with van der Waals surface area (Å²) in [5, 5.41) is 11.7. The minimum atomic E-state index is -0.756. The van der Waals surface area contributed by atoms with Crippen LogP contribution in [-0.4, -0.2) is 41.1 Å². The lowest BCUT2D eigenvalue weighted by molar-refractivity contribution is -0.141. The van der Waals surface area contributed by atoms with Gasteiger partial charge in [0.1, 0.15) is 0 Å². The number of carboxylic acids is 1. The molecule has 0 spiro atoms. The third-order valence-corrected chi connectivity index (χ3v) is 3.64. The maximum atomic E-state index is 11.9. The summed E-state index contributed by atoms with van der Waals surface area (Å²) in [6.45, 7) is 7.72. The summed E-state index contributed by atoms with van der Waals surface area (Å²) in [6, 6.07) is 0.229. The Hall–Kier alpha value is -1.26. The number of carbonyl (C=O) groups is 2. The largest absolute Gasteiger partial charge is 0.481 e. The van der Waals surface area contributed by atoms with Crippen LogP contribution >= 0.6 is 0 Å². The molecule has 0 heterocycles. The number of aliphatic carboxylic acids is 1.